The van der Waals surface area contributed by atoms with E-state index < -0.39 is 0 Å². The molecule has 6 heteroatoms. The zero-order valence-electron chi connectivity index (χ0n) is 17.4. The number of hydrogen-bond donors (Lipinski definition) is 0. The van der Waals surface area contributed by atoms with Crippen LogP contribution in [0.4, 0.5) is 0 Å². The molecule has 0 bridgehead atoms. The van der Waals surface area contributed by atoms with Gasteiger partial charge >= 0.3 is 0 Å². The van der Waals surface area contributed by atoms with Crippen LogP contribution in [0.25, 0.3) is 17.0 Å². The Kier molecular flexibility index (Phi) is 6.59. The molecule has 1 saturated heterocycles. The van der Waals surface area contributed by atoms with E-state index in [9.17, 15) is 4.79 Å². The van der Waals surface area contributed by atoms with Crippen LogP contribution in [0, 0.1) is 6.92 Å². The molecule has 1 amide bonds. The third-order valence-electron chi connectivity index (χ3n) is 5.12. The molecule has 0 atom stereocenters. The number of amides is 1. The number of hydrogen-bond acceptors (Lipinski definition) is 4. The maximum atomic E-state index is 12.7. The van der Waals surface area contributed by atoms with Gasteiger partial charge in [0.1, 0.15) is 10.1 Å². The molecule has 158 valence electrons. The summed E-state index contributed by atoms with van der Waals surface area (Å²) in [5.41, 5.74) is 3.39. The Hall–Kier alpha value is -2.83. The molecule has 0 unspecified atom stereocenters. The van der Waals surface area contributed by atoms with Gasteiger partial charge in [0.05, 0.1) is 11.5 Å². The van der Waals surface area contributed by atoms with E-state index in [0.717, 1.165) is 35.2 Å². The van der Waals surface area contributed by atoms with Gasteiger partial charge in [-0.1, -0.05) is 66.0 Å². The van der Waals surface area contributed by atoms with Crippen molar-refractivity contribution < 1.29 is 9.53 Å². The van der Waals surface area contributed by atoms with Gasteiger partial charge < -0.3 is 9.30 Å². The predicted octanol–water partition coefficient (Wildman–Crippen LogP) is 5.81. The minimum atomic E-state index is -0.0572. The van der Waals surface area contributed by atoms with Gasteiger partial charge in [0, 0.05) is 35.8 Å². The zero-order chi connectivity index (χ0) is 21.8. The molecule has 1 fully saturated rings. The van der Waals surface area contributed by atoms with Gasteiger partial charge in [0.25, 0.3) is 5.91 Å². The number of rotatable bonds is 8. The number of aromatic nitrogens is 1. The van der Waals surface area contributed by atoms with Crippen molar-refractivity contribution in [1.82, 2.24) is 9.47 Å². The number of carbonyl (C=O) groups excluding carboxylic acids is 1. The molecule has 2 aromatic carbocycles. The number of fused-ring (bicyclic) bond motifs is 1. The minimum Gasteiger partial charge on any atom is -0.494 e. The molecular formula is C25H24N2O2S2. The quantitative estimate of drug-likeness (QED) is 0.189. The molecule has 0 spiro atoms. The number of benzene rings is 2. The first kappa shape index (κ1) is 21.4. The van der Waals surface area contributed by atoms with Crippen molar-refractivity contribution in [3.05, 3.63) is 83.4 Å². The van der Waals surface area contributed by atoms with Gasteiger partial charge in [-0.25, -0.2) is 0 Å². The van der Waals surface area contributed by atoms with Gasteiger partial charge in [0.2, 0.25) is 0 Å². The SMILES string of the molecule is C=CCN1C(=O)/C(=C/c2cn(CCCOc3ccc(C)cc3)c3ccccc23)SC1=S. The molecule has 1 aliphatic heterocycles. The summed E-state index contributed by atoms with van der Waals surface area (Å²) >= 11 is 6.70. The van der Waals surface area contributed by atoms with Gasteiger partial charge in [-0.05, 0) is 37.6 Å². The van der Waals surface area contributed by atoms with Crippen molar-refractivity contribution in [2.75, 3.05) is 13.2 Å². The summed E-state index contributed by atoms with van der Waals surface area (Å²) in [5.74, 6) is 0.837. The summed E-state index contributed by atoms with van der Waals surface area (Å²) in [7, 11) is 0. The van der Waals surface area contributed by atoms with E-state index >= 15 is 0 Å². The Morgan fingerprint density at radius 2 is 1.94 bits per heavy atom. The molecule has 31 heavy (non-hydrogen) atoms. The fourth-order valence-electron chi connectivity index (χ4n) is 3.56. The average molecular weight is 449 g/mol. The predicted molar refractivity (Wildman–Crippen MR) is 133 cm³/mol. The van der Waals surface area contributed by atoms with Gasteiger partial charge in [-0.3, -0.25) is 9.69 Å². The monoisotopic (exact) mass is 448 g/mol. The van der Waals surface area contributed by atoms with E-state index in [1.54, 1.807) is 11.0 Å². The third-order valence-corrected chi connectivity index (χ3v) is 6.50. The Balaban J connectivity index is 1.50. The Morgan fingerprint density at radius 1 is 1.16 bits per heavy atom. The maximum absolute atomic E-state index is 12.7. The van der Waals surface area contributed by atoms with Crippen LogP contribution in [-0.4, -0.2) is 32.8 Å². The van der Waals surface area contributed by atoms with Crippen molar-refractivity contribution in [2.45, 2.75) is 19.9 Å². The number of para-hydroxylation sites is 1. The summed E-state index contributed by atoms with van der Waals surface area (Å²) in [6.07, 6.45) is 6.63. The highest BCUT2D eigenvalue weighted by molar-refractivity contribution is 8.26. The van der Waals surface area contributed by atoms with Crippen molar-refractivity contribution >= 4 is 51.2 Å². The van der Waals surface area contributed by atoms with Gasteiger partial charge in [-0.2, -0.15) is 0 Å². The van der Waals surface area contributed by atoms with E-state index in [2.05, 4.69) is 48.5 Å². The molecule has 4 nitrogen and oxygen atoms in total. The normalized spacial score (nSPS) is 15.3. The molecule has 4 rings (SSSR count). The first-order chi connectivity index (χ1) is 15.1. The summed E-state index contributed by atoms with van der Waals surface area (Å²) < 4.78 is 8.67. The lowest BCUT2D eigenvalue weighted by atomic mass is 10.1. The molecular weight excluding hydrogens is 424 g/mol. The highest BCUT2D eigenvalue weighted by Crippen LogP contribution is 2.34. The van der Waals surface area contributed by atoms with E-state index in [-0.39, 0.29) is 5.91 Å². The first-order valence-corrected chi connectivity index (χ1v) is 11.4. The summed E-state index contributed by atoms with van der Waals surface area (Å²) in [6, 6.07) is 16.4. The second kappa shape index (κ2) is 9.54. The fourth-order valence-corrected chi connectivity index (χ4v) is 4.83. The van der Waals surface area contributed by atoms with Crippen LogP contribution in [0.3, 0.4) is 0 Å². The fraction of sp³-hybridized carbons (Fsp3) is 0.200. The van der Waals surface area contributed by atoms with Gasteiger partial charge in [-0.15, -0.1) is 6.58 Å². The first-order valence-electron chi connectivity index (χ1n) is 10.2. The maximum Gasteiger partial charge on any atom is 0.266 e. The number of ether oxygens (including phenoxy) is 1. The van der Waals surface area contributed by atoms with Crippen molar-refractivity contribution in [2.24, 2.45) is 0 Å². The Labute approximate surface area is 192 Å². The lowest BCUT2D eigenvalue weighted by Gasteiger charge is -2.10. The minimum absolute atomic E-state index is 0.0572. The lowest BCUT2D eigenvalue weighted by Crippen LogP contribution is -2.27. The smallest absolute Gasteiger partial charge is 0.266 e. The van der Waals surface area contributed by atoms with Crippen LogP contribution < -0.4 is 4.74 Å². The standard InChI is InChI=1S/C25H24N2O2S2/c1-3-13-27-24(28)23(31-25(27)30)16-19-17-26(22-8-5-4-7-21(19)22)14-6-15-29-20-11-9-18(2)10-12-20/h3-5,7-12,16-17H,1,6,13-15H2,2H3/b23-16-. The third kappa shape index (κ3) is 4.75. The van der Waals surface area contributed by atoms with E-state index in [1.165, 1.54) is 17.3 Å². The van der Waals surface area contributed by atoms with Crippen molar-refractivity contribution in [3.63, 3.8) is 0 Å². The van der Waals surface area contributed by atoms with Crippen LogP contribution in [0.5, 0.6) is 5.75 Å². The lowest BCUT2D eigenvalue weighted by molar-refractivity contribution is -0.121. The number of thiocarbonyl (C=S) groups is 1. The number of aryl methyl sites for hydroxylation is 2. The molecule has 2 heterocycles. The Bertz CT molecular complexity index is 1160. The van der Waals surface area contributed by atoms with Gasteiger partial charge in [0.15, 0.2) is 0 Å². The van der Waals surface area contributed by atoms with E-state index in [0.29, 0.717) is 22.4 Å². The summed E-state index contributed by atoms with van der Waals surface area (Å²) in [5, 5.41) is 1.12. The zero-order valence-corrected chi connectivity index (χ0v) is 19.0. The van der Waals surface area contributed by atoms with E-state index in [4.69, 9.17) is 17.0 Å². The topological polar surface area (TPSA) is 34.5 Å². The second-order valence-electron chi connectivity index (χ2n) is 7.39. The molecule has 0 saturated carbocycles. The molecule has 1 aromatic heterocycles. The van der Waals surface area contributed by atoms with Crippen molar-refractivity contribution in [1.29, 1.82) is 0 Å². The number of nitrogens with zero attached hydrogens (tertiary/aromatic N) is 2. The van der Waals surface area contributed by atoms with Crippen LogP contribution in [0.15, 0.2) is 72.3 Å². The summed E-state index contributed by atoms with van der Waals surface area (Å²) in [4.78, 5) is 14.9. The highest BCUT2D eigenvalue weighted by atomic mass is 32.2. The van der Waals surface area contributed by atoms with Crippen molar-refractivity contribution in [3.8, 4) is 5.75 Å². The second-order valence-corrected chi connectivity index (χ2v) is 9.07. The van der Waals surface area contributed by atoms with Crippen LogP contribution in [-0.2, 0) is 11.3 Å². The Morgan fingerprint density at radius 3 is 2.71 bits per heavy atom. The average Bonchev–Trinajstić information content (AvgIpc) is 3.25. The summed E-state index contributed by atoms with van der Waals surface area (Å²) in [6.45, 7) is 7.68. The molecule has 0 N–H and O–H groups in total. The van der Waals surface area contributed by atoms with Crippen LogP contribution >= 0.6 is 24.0 Å². The molecule has 1 aliphatic rings. The van der Waals surface area contributed by atoms with Crippen LogP contribution in [0.1, 0.15) is 17.5 Å². The molecule has 0 radical (unpaired) electrons. The number of thioether (sulfide) groups is 1. The largest absolute Gasteiger partial charge is 0.494 e. The molecule has 3 aromatic rings. The molecule has 0 aliphatic carbocycles. The number of carbonyl (C=O) groups is 1. The highest BCUT2D eigenvalue weighted by Gasteiger charge is 2.31. The van der Waals surface area contributed by atoms with Crippen LogP contribution in [0.2, 0.25) is 0 Å². The van der Waals surface area contributed by atoms with E-state index in [1.807, 2.05) is 30.3 Å².